The number of ether oxygens (including phenoxy) is 4. The summed E-state index contributed by atoms with van der Waals surface area (Å²) < 4.78 is 27.9. The van der Waals surface area contributed by atoms with Gasteiger partial charge in [-0.05, 0) is 64.5 Å². The van der Waals surface area contributed by atoms with Gasteiger partial charge in [0.25, 0.3) is 5.91 Å². The fourth-order valence-electron chi connectivity index (χ4n) is 3.34. The van der Waals surface area contributed by atoms with Gasteiger partial charge >= 0.3 is 0 Å². The molecule has 4 rings (SSSR count). The standard InChI is InChI=1S/C24H21BrN2O6/c1-29-18-7-5-13(9-16(18)25)24-27-17-12-15(6-8-19(17)33-24)26-23(28)14-10-20(30-2)22(32-4)21(11-14)31-3/h5-12H,1-4H3,(H,26,28). The first-order valence-corrected chi connectivity index (χ1v) is 10.6. The van der Waals surface area contributed by atoms with Gasteiger partial charge in [-0.3, -0.25) is 4.79 Å². The molecule has 3 aromatic carbocycles. The lowest BCUT2D eigenvalue weighted by Crippen LogP contribution is -2.12. The van der Waals surface area contributed by atoms with E-state index in [2.05, 4.69) is 26.2 Å². The summed E-state index contributed by atoms with van der Waals surface area (Å²) in [5.74, 6) is 2.04. The van der Waals surface area contributed by atoms with Crippen LogP contribution in [0.3, 0.4) is 0 Å². The lowest BCUT2D eigenvalue weighted by Gasteiger charge is -2.14. The molecule has 1 heterocycles. The summed E-state index contributed by atoms with van der Waals surface area (Å²) in [5, 5.41) is 2.87. The van der Waals surface area contributed by atoms with Crippen molar-refractivity contribution in [2.75, 3.05) is 33.8 Å². The molecule has 0 radical (unpaired) electrons. The Morgan fingerprint density at radius 3 is 2.18 bits per heavy atom. The van der Waals surface area contributed by atoms with Crippen LogP contribution in [0, 0.1) is 0 Å². The highest BCUT2D eigenvalue weighted by atomic mass is 79.9. The summed E-state index contributed by atoms with van der Waals surface area (Å²) in [4.78, 5) is 17.4. The molecule has 0 bridgehead atoms. The fourth-order valence-corrected chi connectivity index (χ4v) is 3.88. The van der Waals surface area contributed by atoms with Crippen molar-refractivity contribution in [3.05, 3.63) is 58.6 Å². The van der Waals surface area contributed by atoms with Crippen molar-refractivity contribution in [1.82, 2.24) is 4.98 Å². The number of hydrogen-bond donors (Lipinski definition) is 1. The summed E-state index contributed by atoms with van der Waals surface area (Å²) in [7, 11) is 6.10. The third kappa shape index (κ3) is 4.45. The molecule has 33 heavy (non-hydrogen) atoms. The number of oxazole rings is 1. The molecule has 8 nitrogen and oxygen atoms in total. The summed E-state index contributed by atoms with van der Waals surface area (Å²) in [5.41, 5.74) is 2.93. The SMILES string of the molecule is COc1ccc(-c2nc3cc(NC(=O)c4cc(OC)c(OC)c(OC)c4)ccc3o2)cc1Br. The van der Waals surface area contributed by atoms with Gasteiger partial charge in [0.2, 0.25) is 11.6 Å². The number of aromatic nitrogens is 1. The number of methoxy groups -OCH3 is 4. The van der Waals surface area contributed by atoms with E-state index < -0.39 is 0 Å². The Balaban J connectivity index is 1.61. The highest BCUT2D eigenvalue weighted by Gasteiger charge is 2.18. The predicted molar refractivity (Wildman–Crippen MR) is 128 cm³/mol. The van der Waals surface area contributed by atoms with Gasteiger partial charge in [-0.25, -0.2) is 4.98 Å². The summed E-state index contributed by atoms with van der Waals surface area (Å²) in [6, 6.07) is 14.0. The molecule has 0 unspecified atom stereocenters. The molecule has 170 valence electrons. The van der Waals surface area contributed by atoms with Crippen molar-refractivity contribution < 1.29 is 28.2 Å². The Bertz CT molecular complexity index is 1310. The molecule has 1 N–H and O–H groups in total. The first kappa shape index (κ1) is 22.5. The second-order valence-corrected chi connectivity index (χ2v) is 7.77. The highest BCUT2D eigenvalue weighted by molar-refractivity contribution is 9.10. The number of carbonyl (C=O) groups is 1. The number of carbonyl (C=O) groups excluding carboxylic acids is 1. The lowest BCUT2D eigenvalue weighted by atomic mass is 10.1. The zero-order chi connectivity index (χ0) is 23.5. The Morgan fingerprint density at radius 2 is 1.58 bits per heavy atom. The van der Waals surface area contributed by atoms with Gasteiger partial charge in [0, 0.05) is 16.8 Å². The number of nitrogens with one attached hydrogen (secondary N) is 1. The zero-order valence-corrected chi connectivity index (χ0v) is 20.0. The molecule has 0 aliphatic heterocycles. The largest absolute Gasteiger partial charge is 0.496 e. The van der Waals surface area contributed by atoms with Crippen molar-refractivity contribution >= 4 is 38.6 Å². The van der Waals surface area contributed by atoms with Crippen LogP contribution in [0.1, 0.15) is 10.4 Å². The first-order chi connectivity index (χ1) is 16.0. The van der Waals surface area contributed by atoms with Crippen molar-refractivity contribution in [2.45, 2.75) is 0 Å². The van der Waals surface area contributed by atoms with E-state index in [1.807, 2.05) is 18.2 Å². The molecule has 0 fully saturated rings. The Morgan fingerprint density at radius 1 is 0.879 bits per heavy atom. The maximum absolute atomic E-state index is 12.9. The van der Waals surface area contributed by atoms with Crippen LogP contribution in [0.25, 0.3) is 22.6 Å². The quantitative estimate of drug-likeness (QED) is 0.347. The molecule has 0 spiro atoms. The van der Waals surface area contributed by atoms with E-state index >= 15 is 0 Å². The smallest absolute Gasteiger partial charge is 0.255 e. The normalized spacial score (nSPS) is 10.7. The Kier molecular flexibility index (Phi) is 6.41. The summed E-state index contributed by atoms with van der Waals surface area (Å²) in [6.07, 6.45) is 0. The molecule has 0 saturated carbocycles. The zero-order valence-electron chi connectivity index (χ0n) is 18.4. The Labute approximate surface area is 198 Å². The van der Waals surface area contributed by atoms with E-state index in [4.69, 9.17) is 23.4 Å². The molecular weight excluding hydrogens is 492 g/mol. The van der Waals surface area contributed by atoms with Gasteiger partial charge in [0.15, 0.2) is 17.1 Å². The van der Waals surface area contributed by atoms with Crippen LogP contribution in [-0.4, -0.2) is 39.3 Å². The van der Waals surface area contributed by atoms with Gasteiger partial charge in [-0.15, -0.1) is 0 Å². The number of fused-ring (bicyclic) bond motifs is 1. The van der Waals surface area contributed by atoms with Crippen molar-refractivity contribution in [3.8, 4) is 34.5 Å². The van der Waals surface area contributed by atoms with Crippen LogP contribution >= 0.6 is 15.9 Å². The number of amides is 1. The van der Waals surface area contributed by atoms with Crippen LogP contribution in [0.15, 0.2) is 57.4 Å². The van der Waals surface area contributed by atoms with E-state index in [-0.39, 0.29) is 5.91 Å². The molecule has 0 aliphatic rings. The molecule has 1 aromatic heterocycles. The van der Waals surface area contributed by atoms with Crippen molar-refractivity contribution in [1.29, 1.82) is 0 Å². The number of nitrogens with zero attached hydrogens (tertiary/aromatic N) is 1. The minimum Gasteiger partial charge on any atom is -0.496 e. The van der Waals surface area contributed by atoms with Crippen molar-refractivity contribution in [2.24, 2.45) is 0 Å². The second kappa shape index (κ2) is 9.41. The average Bonchev–Trinajstić information content (AvgIpc) is 3.26. The highest BCUT2D eigenvalue weighted by Crippen LogP contribution is 2.38. The second-order valence-electron chi connectivity index (χ2n) is 6.92. The number of hydrogen-bond acceptors (Lipinski definition) is 7. The average molecular weight is 513 g/mol. The molecule has 0 atom stereocenters. The van der Waals surface area contributed by atoms with Gasteiger partial charge in [-0.1, -0.05) is 0 Å². The van der Waals surface area contributed by atoms with Crippen LogP contribution in [0.2, 0.25) is 0 Å². The minimum absolute atomic E-state index is 0.337. The van der Waals surface area contributed by atoms with Crippen LogP contribution < -0.4 is 24.3 Å². The van der Waals surface area contributed by atoms with E-state index in [0.29, 0.717) is 51.2 Å². The van der Waals surface area contributed by atoms with Gasteiger partial charge in [0.05, 0.1) is 32.9 Å². The summed E-state index contributed by atoms with van der Waals surface area (Å²) in [6.45, 7) is 0. The first-order valence-electron chi connectivity index (χ1n) is 9.83. The van der Waals surface area contributed by atoms with E-state index in [1.165, 1.54) is 21.3 Å². The van der Waals surface area contributed by atoms with E-state index in [0.717, 1.165) is 10.0 Å². The predicted octanol–water partition coefficient (Wildman–Crippen LogP) is 5.54. The third-order valence-corrected chi connectivity index (χ3v) is 5.59. The van der Waals surface area contributed by atoms with E-state index in [9.17, 15) is 4.79 Å². The topological polar surface area (TPSA) is 92.1 Å². The number of rotatable bonds is 7. The van der Waals surface area contributed by atoms with Crippen LogP contribution in [-0.2, 0) is 0 Å². The van der Waals surface area contributed by atoms with Crippen LogP contribution in [0.4, 0.5) is 5.69 Å². The molecular formula is C24H21BrN2O6. The molecule has 0 aliphatic carbocycles. The lowest BCUT2D eigenvalue weighted by molar-refractivity contribution is 0.102. The number of benzene rings is 3. The van der Waals surface area contributed by atoms with E-state index in [1.54, 1.807) is 37.4 Å². The van der Waals surface area contributed by atoms with Crippen molar-refractivity contribution in [3.63, 3.8) is 0 Å². The number of anilines is 1. The molecule has 1 amide bonds. The monoisotopic (exact) mass is 512 g/mol. The minimum atomic E-state index is -0.337. The molecule has 9 heteroatoms. The Hall–Kier alpha value is -3.72. The van der Waals surface area contributed by atoms with Gasteiger partial charge < -0.3 is 28.7 Å². The fraction of sp³-hybridized carbons (Fsp3) is 0.167. The maximum atomic E-state index is 12.9. The molecule has 4 aromatic rings. The summed E-state index contributed by atoms with van der Waals surface area (Å²) >= 11 is 3.47. The number of halogens is 1. The maximum Gasteiger partial charge on any atom is 0.255 e. The molecule has 0 saturated heterocycles. The van der Waals surface area contributed by atoms with Gasteiger partial charge in [-0.2, -0.15) is 0 Å². The van der Waals surface area contributed by atoms with Crippen LogP contribution in [0.5, 0.6) is 23.0 Å². The van der Waals surface area contributed by atoms with Gasteiger partial charge in [0.1, 0.15) is 11.3 Å². The third-order valence-electron chi connectivity index (χ3n) is 4.97.